The van der Waals surface area contributed by atoms with Gasteiger partial charge in [0.15, 0.2) is 0 Å². The second kappa shape index (κ2) is 9.49. The summed E-state index contributed by atoms with van der Waals surface area (Å²) in [5.41, 5.74) is 22.7. The molecule has 3 unspecified atom stereocenters. The number of anilines is 2. The van der Waals surface area contributed by atoms with Crippen molar-refractivity contribution in [1.82, 2.24) is 0 Å². The van der Waals surface area contributed by atoms with Crippen molar-refractivity contribution in [3.8, 4) is 0 Å². The Bertz CT molecular complexity index is 807. The van der Waals surface area contributed by atoms with Gasteiger partial charge in [-0.1, -0.05) is 65.8 Å². The molecule has 0 radical (unpaired) electrons. The molecule has 2 aromatic rings. The van der Waals surface area contributed by atoms with Crippen molar-refractivity contribution in [2.24, 2.45) is 0 Å². The molecule has 0 fully saturated rings. The molecule has 2 heteroatoms. The summed E-state index contributed by atoms with van der Waals surface area (Å²) in [6.07, 6.45) is 4.16. The Morgan fingerprint density at radius 1 is 0.679 bits per heavy atom. The summed E-state index contributed by atoms with van der Waals surface area (Å²) in [6, 6.07) is 9.21. The van der Waals surface area contributed by atoms with E-state index >= 15 is 0 Å². The SMILES string of the molecule is CCC(C)c1cc(C)c(N)c(Cc2cc(C(C)CC)cc(C(C)CC)c2N)c1. The molecule has 0 heterocycles. The molecular formula is C26H40N2. The molecule has 0 aliphatic heterocycles. The molecule has 0 amide bonds. The van der Waals surface area contributed by atoms with Gasteiger partial charge in [-0.05, 0) is 77.3 Å². The summed E-state index contributed by atoms with van der Waals surface area (Å²) in [4.78, 5) is 0. The van der Waals surface area contributed by atoms with E-state index in [9.17, 15) is 0 Å². The van der Waals surface area contributed by atoms with E-state index in [1.54, 1.807) is 0 Å². The lowest BCUT2D eigenvalue weighted by atomic mass is 9.85. The van der Waals surface area contributed by atoms with Crippen LogP contribution in [0.1, 0.15) is 112 Å². The third-order valence-corrected chi connectivity index (χ3v) is 6.70. The van der Waals surface area contributed by atoms with Crippen molar-refractivity contribution >= 4 is 11.4 Å². The second-order valence-corrected chi connectivity index (χ2v) is 8.70. The topological polar surface area (TPSA) is 52.0 Å². The van der Waals surface area contributed by atoms with Crippen LogP contribution >= 0.6 is 0 Å². The lowest BCUT2D eigenvalue weighted by Gasteiger charge is -2.22. The van der Waals surface area contributed by atoms with Gasteiger partial charge in [-0.2, -0.15) is 0 Å². The number of nitrogen functional groups attached to an aromatic ring is 2. The highest BCUT2D eigenvalue weighted by Crippen LogP contribution is 2.35. The van der Waals surface area contributed by atoms with Gasteiger partial charge in [0.1, 0.15) is 0 Å². The number of hydrogen-bond donors (Lipinski definition) is 2. The van der Waals surface area contributed by atoms with Crippen LogP contribution in [0.4, 0.5) is 11.4 Å². The van der Waals surface area contributed by atoms with E-state index in [4.69, 9.17) is 11.5 Å². The van der Waals surface area contributed by atoms with E-state index < -0.39 is 0 Å². The lowest BCUT2D eigenvalue weighted by molar-refractivity contribution is 0.710. The largest absolute Gasteiger partial charge is 0.398 e. The number of aryl methyl sites for hydroxylation is 1. The first-order chi connectivity index (χ1) is 13.2. The van der Waals surface area contributed by atoms with Crippen LogP contribution < -0.4 is 11.5 Å². The first-order valence-corrected chi connectivity index (χ1v) is 11.0. The zero-order valence-electron chi connectivity index (χ0n) is 19.0. The fraction of sp³-hybridized carbons (Fsp3) is 0.538. The van der Waals surface area contributed by atoms with E-state index in [1.807, 2.05) is 0 Å². The third kappa shape index (κ3) is 4.71. The highest BCUT2D eigenvalue weighted by atomic mass is 14.6. The molecule has 2 aromatic carbocycles. The van der Waals surface area contributed by atoms with Crippen LogP contribution in [0.3, 0.4) is 0 Å². The van der Waals surface area contributed by atoms with Gasteiger partial charge in [0, 0.05) is 17.8 Å². The van der Waals surface area contributed by atoms with E-state index in [2.05, 4.69) is 72.7 Å². The van der Waals surface area contributed by atoms with Gasteiger partial charge in [0.25, 0.3) is 0 Å². The minimum absolute atomic E-state index is 0.466. The molecule has 2 rings (SSSR count). The molecule has 28 heavy (non-hydrogen) atoms. The average molecular weight is 381 g/mol. The Labute approximate surface area is 172 Å². The van der Waals surface area contributed by atoms with Crippen LogP contribution in [0.15, 0.2) is 24.3 Å². The van der Waals surface area contributed by atoms with Crippen molar-refractivity contribution in [3.63, 3.8) is 0 Å². The van der Waals surface area contributed by atoms with Crippen LogP contribution in [0.25, 0.3) is 0 Å². The van der Waals surface area contributed by atoms with Gasteiger partial charge in [-0.15, -0.1) is 0 Å². The van der Waals surface area contributed by atoms with Gasteiger partial charge < -0.3 is 11.5 Å². The Hall–Kier alpha value is -1.96. The van der Waals surface area contributed by atoms with Crippen LogP contribution in [-0.4, -0.2) is 0 Å². The third-order valence-electron chi connectivity index (χ3n) is 6.70. The molecule has 0 aliphatic carbocycles. The lowest BCUT2D eigenvalue weighted by Crippen LogP contribution is -2.08. The molecule has 3 atom stereocenters. The summed E-state index contributed by atoms with van der Waals surface area (Å²) >= 11 is 0. The zero-order chi connectivity index (χ0) is 21.0. The van der Waals surface area contributed by atoms with E-state index in [0.29, 0.717) is 17.8 Å². The normalized spacial score (nSPS) is 14.7. The molecule has 0 saturated heterocycles. The Balaban J connectivity index is 2.57. The zero-order valence-corrected chi connectivity index (χ0v) is 19.0. The fourth-order valence-corrected chi connectivity index (χ4v) is 3.83. The standard InChI is InChI=1S/C26H40N2/c1-8-16(4)20-11-19(7)25(27)22(12-20)14-23-13-21(17(5)9-2)15-24(26(23)28)18(6)10-3/h11-13,15-18H,8-10,14,27-28H2,1-7H3. The summed E-state index contributed by atoms with van der Waals surface area (Å²) in [7, 11) is 0. The number of nitrogens with two attached hydrogens (primary N) is 2. The van der Waals surface area contributed by atoms with E-state index in [-0.39, 0.29) is 0 Å². The predicted molar refractivity (Wildman–Crippen MR) is 125 cm³/mol. The minimum Gasteiger partial charge on any atom is -0.398 e. The van der Waals surface area contributed by atoms with Crippen molar-refractivity contribution < 1.29 is 0 Å². The van der Waals surface area contributed by atoms with Gasteiger partial charge in [-0.3, -0.25) is 0 Å². The van der Waals surface area contributed by atoms with Crippen LogP contribution in [0, 0.1) is 6.92 Å². The molecular weight excluding hydrogens is 340 g/mol. The number of benzene rings is 2. The number of rotatable bonds is 8. The molecule has 0 aliphatic rings. The second-order valence-electron chi connectivity index (χ2n) is 8.70. The average Bonchev–Trinajstić information content (AvgIpc) is 2.70. The molecule has 2 nitrogen and oxygen atoms in total. The quantitative estimate of drug-likeness (QED) is 0.472. The van der Waals surface area contributed by atoms with Crippen molar-refractivity contribution in [3.05, 3.63) is 57.6 Å². The maximum Gasteiger partial charge on any atom is 0.0385 e. The van der Waals surface area contributed by atoms with Crippen molar-refractivity contribution in [2.45, 2.75) is 91.9 Å². The molecule has 0 bridgehead atoms. The Kier molecular flexibility index (Phi) is 7.57. The summed E-state index contributed by atoms with van der Waals surface area (Å²) in [5.74, 6) is 1.54. The molecule has 0 aromatic heterocycles. The van der Waals surface area contributed by atoms with Gasteiger partial charge in [-0.25, -0.2) is 0 Å². The maximum atomic E-state index is 6.69. The number of hydrogen-bond acceptors (Lipinski definition) is 2. The highest BCUT2D eigenvalue weighted by molar-refractivity contribution is 5.62. The predicted octanol–water partition coefficient (Wildman–Crippen LogP) is 7.29. The molecule has 0 spiro atoms. The van der Waals surface area contributed by atoms with E-state index in [0.717, 1.165) is 37.1 Å². The first-order valence-electron chi connectivity index (χ1n) is 11.0. The monoisotopic (exact) mass is 380 g/mol. The first kappa shape index (κ1) is 22.3. The summed E-state index contributed by atoms with van der Waals surface area (Å²) < 4.78 is 0. The van der Waals surface area contributed by atoms with Crippen LogP contribution in [0.5, 0.6) is 0 Å². The maximum absolute atomic E-state index is 6.69. The minimum atomic E-state index is 0.466. The fourth-order valence-electron chi connectivity index (χ4n) is 3.83. The summed E-state index contributed by atoms with van der Waals surface area (Å²) in [5, 5.41) is 0. The summed E-state index contributed by atoms with van der Waals surface area (Å²) in [6.45, 7) is 15.7. The van der Waals surface area contributed by atoms with E-state index in [1.165, 1.54) is 33.4 Å². The van der Waals surface area contributed by atoms with Gasteiger partial charge >= 0.3 is 0 Å². The van der Waals surface area contributed by atoms with Gasteiger partial charge in [0.05, 0.1) is 0 Å². The molecule has 154 valence electrons. The van der Waals surface area contributed by atoms with Gasteiger partial charge in [0.2, 0.25) is 0 Å². The van der Waals surface area contributed by atoms with Crippen molar-refractivity contribution in [2.75, 3.05) is 11.5 Å². The Morgan fingerprint density at radius 2 is 1.14 bits per heavy atom. The highest BCUT2D eigenvalue weighted by Gasteiger charge is 2.17. The Morgan fingerprint density at radius 3 is 1.64 bits per heavy atom. The van der Waals surface area contributed by atoms with Crippen LogP contribution in [0.2, 0.25) is 0 Å². The van der Waals surface area contributed by atoms with Crippen molar-refractivity contribution in [1.29, 1.82) is 0 Å². The molecule has 4 N–H and O–H groups in total. The molecule has 0 saturated carbocycles. The van der Waals surface area contributed by atoms with Crippen LogP contribution in [-0.2, 0) is 6.42 Å². The smallest absolute Gasteiger partial charge is 0.0385 e.